The molecular formula is C14H14F3N7O2. The van der Waals surface area contributed by atoms with Crippen molar-refractivity contribution in [2.45, 2.75) is 13.3 Å². The molecule has 5 N–H and O–H groups in total. The van der Waals surface area contributed by atoms with Crippen LogP contribution in [0, 0.1) is 0 Å². The van der Waals surface area contributed by atoms with Crippen molar-refractivity contribution in [2.24, 2.45) is 10.7 Å². The number of nitrogens with two attached hydrogens (primary N) is 2. The molecular weight excluding hydrogens is 355 g/mol. The summed E-state index contributed by atoms with van der Waals surface area (Å²) in [5, 5.41) is 6.46. The van der Waals surface area contributed by atoms with Gasteiger partial charge in [-0.15, -0.1) is 13.2 Å². The molecule has 1 amide bonds. The highest BCUT2D eigenvalue weighted by Gasteiger charge is 2.33. The zero-order chi connectivity index (χ0) is 19.5. The standard InChI is InChI=1S/C14H14F3N7O2/c1-3-4-8(13(20-2)26-14(15,16)17)22-10-5-9(18)24-12(23-10)7(6-21-24)11(19)25/h3-6H,2,18H2,1H3,(H2,19,25)(H,22,23)/b4-3-,13-8-. The van der Waals surface area contributed by atoms with Crippen molar-refractivity contribution in [1.82, 2.24) is 14.6 Å². The summed E-state index contributed by atoms with van der Waals surface area (Å²) in [7, 11) is 0. The predicted molar refractivity (Wildman–Crippen MR) is 88.1 cm³/mol. The van der Waals surface area contributed by atoms with Gasteiger partial charge in [0.1, 0.15) is 22.9 Å². The van der Waals surface area contributed by atoms with E-state index in [1.807, 2.05) is 0 Å². The van der Waals surface area contributed by atoms with Crippen molar-refractivity contribution >= 4 is 29.9 Å². The van der Waals surface area contributed by atoms with Gasteiger partial charge in [-0.1, -0.05) is 6.08 Å². The molecule has 0 aliphatic rings. The van der Waals surface area contributed by atoms with Crippen LogP contribution in [-0.2, 0) is 4.74 Å². The zero-order valence-electron chi connectivity index (χ0n) is 13.4. The lowest BCUT2D eigenvalue weighted by molar-refractivity contribution is -0.305. The van der Waals surface area contributed by atoms with Gasteiger partial charge >= 0.3 is 6.36 Å². The molecule has 0 aliphatic carbocycles. The van der Waals surface area contributed by atoms with Crippen LogP contribution >= 0.6 is 0 Å². The van der Waals surface area contributed by atoms with Gasteiger partial charge in [-0.2, -0.15) is 9.61 Å². The third kappa shape index (κ3) is 4.09. The van der Waals surface area contributed by atoms with Gasteiger partial charge in [0.15, 0.2) is 5.65 Å². The molecule has 138 valence electrons. The Kier molecular flexibility index (Phi) is 5.14. The fourth-order valence-electron chi connectivity index (χ4n) is 1.98. The number of nitrogen functional groups attached to an aromatic ring is 1. The molecule has 0 saturated heterocycles. The highest BCUT2D eigenvalue weighted by molar-refractivity contribution is 5.98. The number of fused-ring (bicyclic) bond motifs is 1. The summed E-state index contributed by atoms with van der Waals surface area (Å²) in [5.41, 5.74) is 10.9. The number of nitrogens with one attached hydrogen (secondary N) is 1. The van der Waals surface area contributed by atoms with Crippen LogP contribution in [0.25, 0.3) is 5.65 Å². The maximum absolute atomic E-state index is 12.5. The van der Waals surface area contributed by atoms with Crippen molar-refractivity contribution in [3.63, 3.8) is 0 Å². The SMILES string of the molecule is C=N/C(OC(F)(F)F)=C(\C=C/C)Nc1cc(N)n2ncc(C(N)=O)c2n1. The molecule has 0 aliphatic heterocycles. The quantitative estimate of drug-likeness (QED) is 0.404. The molecule has 2 aromatic rings. The fourth-order valence-corrected chi connectivity index (χ4v) is 1.98. The normalized spacial score (nSPS) is 12.9. The van der Waals surface area contributed by atoms with E-state index in [1.54, 1.807) is 6.92 Å². The minimum Gasteiger partial charge on any atom is -0.386 e. The Hall–Kier alpha value is -3.57. The van der Waals surface area contributed by atoms with Gasteiger partial charge in [0.05, 0.1) is 6.20 Å². The Morgan fingerprint density at radius 1 is 1.50 bits per heavy atom. The Labute approximate surface area is 144 Å². The summed E-state index contributed by atoms with van der Waals surface area (Å²) >= 11 is 0. The molecule has 26 heavy (non-hydrogen) atoms. The van der Waals surface area contributed by atoms with Crippen LogP contribution < -0.4 is 16.8 Å². The lowest BCUT2D eigenvalue weighted by atomic mass is 10.3. The predicted octanol–water partition coefficient (Wildman–Crippen LogP) is 1.80. The van der Waals surface area contributed by atoms with Gasteiger partial charge in [-0.05, 0) is 19.7 Å². The van der Waals surface area contributed by atoms with Crippen molar-refractivity contribution in [1.29, 1.82) is 0 Å². The summed E-state index contributed by atoms with van der Waals surface area (Å²) in [6, 6.07) is 1.29. The largest absolute Gasteiger partial charge is 0.574 e. The number of anilines is 2. The van der Waals surface area contributed by atoms with E-state index in [0.717, 1.165) is 4.52 Å². The van der Waals surface area contributed by atoms with Crippen molar-refractivity contribution in [3.05, 3.63) is 41.6 Å². The number of rotatable bonds is 6. The lowest BCUT2D eigenvalue weighted by Gasteiger charge is -2.14. The molecule has 2 rings (SSSR count). The second-order valence-corrected chi connectivity index (χ2v) is 4.77. The van der Waals surface area contributed by atoms with E-state index < -0.39 is 18.2 Å². The van der Waals surface area contributed by atoms with Gasteiger partial charge < -0.3 is 21.5 Å². The Bertz CT molecular complexity index is 915. The second-order valence-electron chi connectivity index (χ2n) is 4.77. The summed E-state index contributed by atoms with van der Waals surface area (Å²) in [5.74, 6) is -1.53. The minimum atomic E-state index is -4.97. The van der Waals surface area contributed by atoms with E-state index in [0.29, 0.717) is 0 Å². The molecule has 0 fully saturated rings. The van der Waals surface area contributed by atoms with Crippen LogP contribution in [0.3, 0.4) is 0 Å². The monoisotopic (exact) mass is 369 g/mol. The third-order valence-corrected chi connectivity index (χ3v) is 2.95. The van der Waals surface area contributed by atoms with Crippen LogP contribution in [0.1, 0.15) is 17.3 Å². The topological polar surface area (TPSA) is 133 Å². The van der Waals surface area contributed by atoms with Crippen LogP contribution in [0.15, 0.2) is 41.0 Å². The van der Waals surface area contributed by atoms with Gasteiger partial charge in [-0.3, -0.25) is 4.79 Å². The molecule has 12 heteroatoms. The van der Waals surface area contributed by atoms with Gasteiger partial charge in [0.2, 0.25) is 5.88 Å². The van der Waals surface area contributed by atoms with E-state index >= 15 is 0 Å². The number of alkyl halides is 3. The second kappa shape index (κ2) is 7.13. The number of aliphatic imine (C=N–C) groups is 1. The third-order valence-electron chi connectivity index (χ3n) is 2.95. The average Bonchev–Trinajstić information content (AvgIpc) is 2.96. The van der Waals surface area contributed by atoms with E-state index in [1.165, 1.54) is 24.4 Å². The van der Waals surface area contributed by atoms with E-state index in [2.05, 4.69) is 31.8 Å². The smallest absolute Gasteiger partial charge is 0.386 e. The number of ether oxygens (including phenoxy) is 1. The Balaban J connectivity index is 2.53. The Morgan fingerprint density at radius 2 is 2.19 bits per heavy atom. The number of aromatic nitrogens is 3. The maximum Gasteiger partial charge on any atom is 0.574 e. The van der Waals surface area contributed by atoms with Crippen molar-refractivity contribution in [3.8, 4) is 0 Å². The van der Waals surface area contributed by atoms with Crippen LogP contribution in [-0.4, -0.2) is 33.6 Å². The minimum absolute atomic E-state index is 0.00877. The van der Waals surface area contributed by atoms with Gasteiger partial charge in [0.25, 0.3) is 5.91 Å². The zero-order valence-corrected chi connectivity index (χ0v) is 13.4. The molecule has 0 atom stereocenters. The first-order chi connectivity index (χ1) is 12.2. The molecule has 2 heterocycles. The number of hydrogen-bond acceptors (Lipinski definition) is 7. The van der Waals surface area contributed by atoms with E-state index in [-0.39, 0.29) is 28.5 Å². The highest BCUT2D eigenvalue weighted by Crippen LogP contribution is 2.25. The first-order valence-corrected chi connectivity index (χ1v) is 6.96. The number of halogens is 3. The van der Waals surface area contributed by atoms with Crippen molar-refractivity contribution in [2.75, 3.05) is 11.1 Å². The number of allylic oxidation sites excluding steroid dienone is 2. The van der Waals surface area contributed by atoms with E-state index in [9.17, 15) is 18.0 Å². The average molecular weight is 369 g/mol. The maximum atomic E-state index is 12.5. The van der Waals surface area contributed by atoms with Crippen LogP contribution in [0.5, 0.6) is 0 Å². The Morgan fingerprint density at radius 3 is 2.73 bits per heavy atom. The highest BCUT2D eigenvalue weighted by atomic mass is 19.4. The number of primary amides is 1. The number of amides is 1. The van der Waals surface area contributed by atoms with Gasteiger partial charge in [0, 0.05) is 6.07 Å². The number of carbonyl (C=O) groups excluding carboxylic acids is 1. The van der Waals surface area contributed by atoms with Gasteiger partial charge in [-0.25, -0.2) is 9.98 Å². The number of hydrogen-bond donors (Lipinski definition) is 3. The molecule has 0 aromatic carbocycles. The lowest BCUT2D eigenvalue weighted by Crippen LogP contribution is -2.16. The molecule has 0 radical (unpaired) electrons. The number of nitrogens with zero attached hydrogens (tertiary/aromatic N) is 4. The fraction of sp³-hybridized carbons (Fsp3) is 0.143. The molecule has 0 saturated carbocycles. The molecule has 0 unspecified atom stereocenters. The summed E-state index contributed by atoms with van der Waals surface area (Å²) in [6.45, 7) is 4.63. The summed E-state index contributed by atoms with van der Waals surface area (Å²) in [6.07, 6.45) is -1.07. The molecule has 2 aromatic heterocycles. The van der Waals surface area contributed by atoms with Crippen LogP contribution in [0.2, 0.25) is 0 Å². The first kappa shape index (κ1) is 18.8. The molecule has 0 spiro atoms. The molecule has 9 nitrogen and oxygen atoms in total. The summed E-state index contributed by atoms with van der Waals surface area (Å²) < 4.78 is 42.5. The first-order valence-electron chi connectivity index (χ1n) is 6.96. The molecule has 0 bridgehead atoms. The number of carbonyl (C=O) groups is 1. The van der Waals surface area contributed by atoms with Crippen molar-refractivity contribution < 1.29 is 22.7 Å². The van der Waals surface area contributed by atoms with E-state index in [4.69, 9.17) is 11.5 Å². The summed E-state index contributed by atoms with van der Waals surface area (Å²) in [4.78, 5) is 18.7. The van der Waals surface area contributed by atoms with Crippen LogP contribution in [0.4, 0.5) is 24.8 Å².